The molecule has 2 atom stereocenters. The van der Waals surface area contributed by atoms with Gasteiger partial charge in [0.05, 0.1) is 6.10 Å². The predicted octanol–water partition coefficient (Wildman–Crippen LogP) is 2.05. The van der Waals surface area contributed by atoms with Gasteiger partial charge < -0.3 is 24.6 Å². The second-order valence-electron chi connectivity index (χ2n) is 6.95. The average Bonchev–Trinajstić information content (AvgIpc) is 2.63. The zero-order valence-corrected chi connectivity index (χ0v) is 14.8. The van der Waals surface area contributed by atoms with Gasteiger partial charge in [-0.05, 0) is 32.1 Å². The Hall–Kier alpha value is -2.90. The molecule has 0 spiro atoms. The number of rotatable bonds is 2. The number of likely N-dealkylation sites (tertiary alicyclic amines) is 1. The molecule has 3 N–H and O–H groups in total. The molecule has 3 heterocycles. The van der Waals surface area contributed by atoms with Gasteiger partial charge >= 0.3 is 0 Å². The van der Waals surface area contributed by atoms with Crippen molar-refractivity contribution < 1.29 is 19.7 Å². The Morgan fingerprint density at radius 2 is 2.04 bits per heavy atom. The van der Waals surface area contributed by atoms with Gasteiger partial charge in [-0.25, -0.2) is 0 Å². The minimum absolute atomic E-state index is 0.00592. The standard InChI is InChI=1S/C20H20N2O5/c1-22-7-5-11(16(26)10-22)18-13(23)8-14(24)19-15(25)9-17(27-20(18)19)12-4-2-3-6-21-12/h2-4,6,8-9,11,16,23-24,26H,5,7,10H2,1H3/t11-,16+/m0/s1. The van der Waals surface area contributed by atoms with Crippen LogP contribution in [-0.4, -0.2) is 51.4 Å². The van der Waals surface area contributed by atoms with E-state index in [4.69, 9.17) is 4.42 Å². The number of pyridine rings is 1. The fourth-order valence-corrected chi connectivity index (χ4v) is 3.74. The van der Waals surface area contributed by atoms with Gasteiger partial charge in [0.2, 0.25) is 0 Å². The highest BCUT2D eigenvalue weighted by atomic mass is 16.3. The van der Waals surface area contributed by atoms with Crippen LogP contribution in [0.4, 0.5) is 0 Å². The number of aromatic nitrogens is 1. The summed E-state index contributed by atoms with van der Waals surface area (Å²) >= 11 is 0. The van der Waals surface area contributed by atoms with Crippen LogP contribution in [0, 0.1) is 0 Å². The first-order chi connectivity index (χ1) is 13.0. The molecule has 140 valence electrons. The van der Waals surface area contributed by atoms with Crippen molar-refractivity contribution in [1.82, 2.24) is 9.88 Å². The summed E-state index contributed by atoms with van der Waals surface area (Å²) in [6.45, 7) is 1.17. The molecule has 1 saturated heterocycles. The number of phenols is 2. The summed E-state index contributed by atoms with van der Waals surface area (Å²) in [5.74, 6) is -0.724. The number of likely N-dealkylation sites (N-methyl/N-ethyl adjacent to an activating group) is 1. The van der Waals surface area contributed by atoms with Crippen molar-refractivity contribution in [2.24, 2.45) is 0 Å². The number of hydrogen-bond donors (Lipinski definition) is 3. The Labute approximate surface area is 155 Å². The van der Waals surface area contributed by atoms with E-state index >= 15 is 0 Å². The summed E-state index contributed by atoms with van der Waals surface area (Å²) in [7, 11) is 1.91. The summed E-state index contributed by atoms with van der Waals surface area (Å²) in [4.78, 5) is 18.9. The monoisotopic (exact) mass is 368 g/mol. The number of aromatic hydroxyl groups is 2. The highest BCUT2D eigenvalue weighted by molar-refractivity contribution is 5.89. The van der Waals surface area contributed by atoms with Crippen LogP contribution in [0.5, 0.6) is 11.5 Å². The lowest BCUT2D eigenvalue weighted by Gasteiger charge is -2.34. The molecule has 7 nitrogen and oxygen atoms in total. The van der Waals surface area contributed by atoms with Gasteiger partial charge in [0.25, 0.3) is 0 Å². The van der Waals surface area contributed by atoms with Gasteiger partial charge in [0.1, 0.15) is 28.2 Å². The largest absolute Gasteiger partial charge is 0.507 e. The van der Waals surface area contributed by atoms with Crippen molar-refractivity contribution in [2.45, 2.75) is 18.4 Å². The van der Waals surface area contributed by atoms with Crippen LogP contribution in [0.25, 0.3) is 22.4 Å². The number of benzene rings is 1. The highest BCUT2D eigenvalue weighted by Crippen LogP contribution is 2.42. The third-order valence-electron chi connectivity index (χ3n) is 5.07. The maximum Gasteiger partial charge on any atom is 0.197 e. The minimum Gasteiger partial charge on any atom is -0.507 e. The lowest BCUT2D eigenvalue weighted by atomic mass is 9.85. The zero-order valence-electron chi connectivity index (χ0n) is 14.8. The molecule has 1 fully saturated rings. The second kappa shape index (κ2) is 6.68. The number of β-amino-alcohol motifs (C(OH)–C–C–N with tert-alkyl or cyclic N) is 1. The summed E-state index contributed by atoms with van der Waals surface area (Å²) in [5.41, 5.74) is 0.472. The molecular weight excluding hydrogens is 348 g/mol. The molecule has 4 rings (SSSR count). The normalized spacial score (nSPS) is 20.8. The zero-order chi connectivity index (χ0) is 19.1. The van der Waals surface area contributed by atoms with Gasteiger partial charge in [-0.2, -0.15) is 0 Å². The lowest BCUT2D eigenvalue weighted by Crippen LogP contribution is -2.40. The van der Waals surface area contributed by atoms with Crippen molar-refractivity contribution in [2.75, 3.05) is 20.1 Å². The van der Waals surface area contributed by atoms with Crippen LogP contribution in [-0.2, 0) is 0 Å². The summed E-state index contributed by atoms with van der Waals surface area (Å²) in [5, 5.41) is 31.3. The Morgan fingerprint density at radius 1 is 1.22 bits per heavy atom. The van der Waals surface area contributed by atoms with Crippen LogP contribution >= 0.6 is 0 Å². The molecule has 1 aliphatic rings. The molecule has 1 aliphatic heterocycles. The summed E-state index contributed by atoms with van der Waals surface area (Å²) in [6, 6.07) is 7.64. The minimum atomic E-state index is -0.730. The molecule has 1 aromatic carbocycles. The Morgan fingerprint density at radius 3 is 2.74 bits per heavy atom. The van der Waals surface area contributed by atoms with E-state index in [1.165, 1.54) is 6.07 Å². The smallest absolute Gasteiger partial charge is 0.197 e. The van der Waals surface area contributed by atoms with E-state index in [2.05, 4.69) is 4.98 Å². The molecule has 0 radical (unpaired) electrons. The van der Waals surface area contributed by atoms with Crippen LogP contribution < -0.4 is 5.43 Å². The maximum absolute atomic E-state index is 12.7. The van der Waals surface area contributed by atoms with E-state index in [9.17, 15) is 20.1 Å². The van der Waals surface area contributed by atoms with E-state index in [1.807, 2.05) is 11.9 Å². The average molecular weight is 368 g/mol. The Balaban J connectivity index is 1.98. The number of fused-ring (bicyclic) bond motifs is 1. The third kappa shape index (κ3) is 3.05. The van der Waals surface area contributed by atoms with Crippen molar-refractivity contribution in [3.05, 3.63) is 52.3 Å². The van der Waals surface area contributed by atoms with Crippen LogP contribution in [0.15, 0.2) is 45.7 Å². The highest BCUT2D eigenvalue weighted by Gasteiger charge is 2.33. The lowest BCUT2D eigenvalue weighted by molar-refractivity contribution is 0.0630. The fourth-order valence-electron chi connectivity index (χ4n) is 3.74. The number of piperidine rings is 1. The van der Waals surface area contributed by atoms with Gasteiger partial charge in [-0.1, -0.05) is 6.07 Å². The van der Waals surface area contributed by atoms with E-state index in [0.29, 0.717) is 24.2 Å². The van der Waals surface area contributed by atoms with E-state index in [0.717, 1.165) is 12.6 Å². The molecule has 0 aliphatic carbocycles. The van der Waals surface area contributed by atoms with Gasteiger partial charge in [0, 0.05) is 36.4 Å². The molecule has 0 saturated carbocycles. The fraction of sp³-hybridized carbons (Fsp3) is 0.300. The van der Waals surface area contributed by atoms with Crippen molar-refractivity contribution in [1.29, 1.82) is 0 Å². The third-order valence-corrected chi connectivity index (χ3v) is 5.07. The first-order valence-electron chi connectivity index (χ1n) is 8.76. The summed E-state index contributed by atoms with van der Waals surface area (Å²) in [6.07, 6.45) is 1.44. The topological polar surface area (TPSA) is 107 Å². The van der Waals surface area contributed by atoms with Gasteiger partial charge in [-0.3, -0.25) is 9.78 Å². The molecular formula is C20H20N2O5. The number of aliphatic hydroxyl groups excluding tert-OH is 1. The molecule has 0 bridgehead atoms. The Kier molecular flexibility index (Phi) is 4.33. The molecule has 0 amide bonds. The van der Waals surface area contributed by atoms with E-state index < -0.39 is 17.5 Å². The predicted molar refractivity (Wildman–Crippen MR) is 99.9 cm³/mol. The number of nitrogens with zero attached hydrogens (tertiary/aromatic N) is 2. The quantitative estimate of drug-likeness (QED) is 0.635. The Bertz CT molecular complexity index is 1050. The van der Waals surface area contributed by atoms with Gasteiger partial charge in [0.15, 0.2) is 11.2 Å². The molecule has 0 unspecified atom stereocenters. The molecule has 2 aromatic heterocycles. The number of phenolic OH excluding ortho intramolecular Hbond substituents is 2. The molecule has 7 heteroatoms. The SMILES string of the molecule is CN1CC[C@H](c2c(O)cc(O)c3c(=O)cc(-c4ccccn4)oc23)[C@H](O)C1. The van der Waals surface area contributed by atoms with Crippen molar-refractivity contribution in [3.63, 3.8) is 0 Å². The summed E-state index contributed by atoms with van der Waals surface area (Å²) < 4.78 is 5.94. The van der Waals surface area contributed by atoms with E-state index in [-0.39, 0.29) is 28.2 Å². The second-order valence-corrected chi connectivity index (χ2v) is 6.95. The first kappa shape index (κ1) is 17.5. The van der Waals surface area contributed by atoms with Crippen LogP contribution in [0.1, 0.15) is 17.9 Å². The van der Waals surface area contributed by atoms with Gasteiger partial charge in [-0.15, -0.1) is 0 Å². The number of hydrogen-bond acceptors (Lipinski definition) is 7. The number of aliphatic hydroxyl groups is 1. The molecule has 27 heavy (non-hydrogen) atoms. The van der Waals surface area contributed by atoms with Crippen molar-refractivity contribution in [3.8, 4) is 23.0 Å². The van der Waals surface area contributed by atoms with Crippen LogP contribution in [0.2, 0.25) is 0 Å². The maximum atomic E-state index is 12.7. The first-order valence-corrected chi connectivity index (χ1v) is 8.76. The molecule has 3 aromatic rings. The van der Waals surface area contributed by atoms with Crippen molar-refractivity contribution >= 4 is 11.0 Å². The van der Waals surface area contributed by atoms with Crippen LogP contribution in [0.3, 0.4) is 0 Å². The van der Waals surface area contributed by atoms with E-state index in [1.54, 1.807) is 24.4 Å².